The fraction of sp³-hybridized carbons (Fsp3) is 0.211. The van der Waals surface area contributed by atoms with Gasteiger partial charge in [0.15, 0.2) is 0 Å². The van der Waals surface area contributed by atoms with Crippen molar-refractivity contribution in [2.75, 3.05) is 36.5 Å². The minimum absolute atomic E-state index is 0.0148. The maximum Gasteiger partial charge on any atom is 0.293 e. The Morgan fingerprint density at radius 2 is 1.96 bits per heavy atom. The number of carbonyl (C=O) groups excluding carboxylic acids is 1. The maximum absolute atomic E-state index is 12.3. The van der Waals surface area contributed by atoms with E-state index in [0.717, 1.165) is 5.56 Å². The number of hydrogen-bond donors (Lipinski definition) is 1. The predicted molar refractivity (Wildman–Crippen MR) is 104 cm³/mol. The van der Waals surface area contributed by atoms with E-state index in [9.17, 15) is 14.9 Å². The monoisotopic (exact) mass is 385 g/mol. The van der Waals surface area contributed by atoms with Crippen LogP contribution in [0.5, 0.6) is 0 Å². The summed E-state index contributed by atoms with van der Waals surface area (Å²) in [7, 11) is 0. The van der Waals surface area contributed by atoms with E-state index >= 15 is 0 Å². The molecule has 8 heteroatoms. The lowest BCUT2D eigenvalue weighted by Gasteiger charge is -2.28. The second-order valence-corrected chi connectivity index (χ2v) is 6.74. The number of nitrogens with one attached hydrogen (secondary N) is 1. The third kappa shape index (κ3) is 3.39. The first-order valence-corrected chi connectivity index (χ1v) is 8.85. The molecule has 1 N–H and O–H groups in total. The van der Waals surface area contributed by atoms with Gasteiger partial charge in [-0.15, -0.1) is 0 Å². The summed E-state index contributed by atoms with van der Waals surface area (Å²) >= 11 is 5.97. The summed E-state index contributed by atoms with van der Waals surface area (Å²) in [5.41, 5.74) is 2.98. The third-order valence-corrected chi connectivity index (χ3v) is 4.86. The van der Waals surface area contributed by atoms with E-state index in [2.05, 4.69) is 5.32 Å². The number of ether oxygens (including phenoxy) is 1. The van der Waals surface area contributed by atoms with Gasteiger partial charge >= 0.3 is 0 Å². The SMILES string of the molecule is O=C1Nc2cc(Cl)ccc2/C1=C\c1ccc(N2CCOCC2)c([N+](=O)[O-])c1. The van der Waals surface area contributed by atoms with Gasteiger partial charge in [0.05, 0.1) is 23.8 Å². The summed E-state index contributed by atoms with van der Waals surface area (Å²) in [5, 5.41) is 14.9. The van der Waals surface area contributed by atoms with Gasteiger partial charge in [-0.25, -0.2) is 0 Å². The van der Waals surface area contributed by atoms with Gasteiger partial charge in [0, 0.05) is 35.3 Å². The highest BCUT2D eigenvalue weighted by Gasteiger charge is 2.25. The first kappa shape index (κ1) is 17.5. The van der Waals surface area contributed by atoms with Crippen molar-refractivity contribution in [2.24, 2.45) is 0 Å². The number of nitro groups is 1. The third-order valence-electron chi connectivity index (χ3n) is 4.62. The molecule has 27 heavy (non-hydrogen) atoms. The minimum atomic E-state index is -0.394. The van der Waals surface area contributed by atoms with Crippen molar-refractivity contribution in [1.29, 1.82) is 0 Å². The second-order valence-electron chi connectivity index (χ2n) is 6.31. The topological polar surface area (TPSA) is 84.7 Å². The Morgan fingerprint density at radius 1 is 1.19 bits per heavy atom. The largest absolute Gasteiger partial charge is 0.378 e. The standard InChI is InChI=1S/C19H16ClN3O4/c20-13-2-3-14-15(19(24)21-16(14)11-13)9-12-1-4-17(18(10-12)23(25)26)22-5-7-27-8-6-22/h1-4,9-11H,5-8H2,(H,21,24)/b15-9+. The highest BCUT2D eigenvalue weighted by atomic mass is 35.5. The van der Waals surface area contributed by atoms with Gasteiger partial charge in [0.1, 0.15) is 5.69 Å². The normalized spacial score (nSPS) is 17.7. The minimum Gasteiger partial charge on any atom is -0.378 e. The van der Waals surface area contributed by atoms with Crippen LogP contribution in [0.4, 0.5) is 17.1 Å². The van der Waals surface area contributed by atoms with Crippen LogP contribution in [0.15, 0.2) is 36.4 Å². The number of anilines is 2. The van der Waals surface area contributed by atoms with E-state index < -0.39 is 4.92 Å². The van der Waals surface area contributed by atoms with Crippen LogP contribution >= 0.6 is 11.6 Å². The van der Waals surface area contributed by atoms with Gasteiger partial charge in [-0.1, -0.05) is 23.7 Å². The summed E-state index contributed by atoms with van der Waals surface area (Å²) in [6.45, 7) is 2.31. The molecule has 2 aromatic rings. The van der Waals surface area contributed by atoms with E-state index in [-0.39, 0.29) is 11.6 Å². The van der Waals surface area contributed by atoms with E-state index in [4.69, 9.17) is 16.3 Å². The summed E-state index contributed by atoms with van der Waals surface area (Å²) in [6, 6.07) is 10.2. The molecule has 0 bridgehead atoms. The molecular formula is C19H16ClN3O4. The Kier molecular flexibility index (Phi) is 4.55. The van der Waals surface area contributed by atoms with Crippen LogP contribution < -0.4 is 10.2 Å². The zero-order valence-corrected chi connectivity index (χ0v) is 15.0. The van der Waals surface area contributed by atoms with Crippen molar-refractivity contribution in [3.63, 3.8) is 0 Å². The van der Waals surface area contributed by atoms with Gasteiger partial charge in [-0.3, -0.25) is 14.9 Å². The zero-order valence-electron chi connectivity index (χ0n) is 14.3. The number of amides is 1. The first-order chi connectivity index (χ1) is 13.0. The molecule has 1 amide bonds. The van der Waals surface area contributed by atoms with Crippen molar-refractivity contribution in [3.8, 4) is 0 Å². The van der Waals surface area contributed by atoms with Gasteiger partial charge in [0.2, 0.25) is 0 Å². The quantitative estimate of drug-likeness (QED) is 0.496. The van der Waals surface area contributed by atoms with Crippen molar-refractivity contribution in [2.45, 2.75) is 0 Å². The summed E-state index contributed by atoms with van der Waals surface area (Å²) in [6.07, 6.45) is 1.66. The molecule has 0 radical (unpaired) electrons. The van der Waals surface area contributed by atoms with Gasteiger partial charge in [-0.2, -0.15) is 0 Å². The maximum atomic E-state index is 12.3. The molecule has 4 rings (SSSR count). The molecule has 0 atom stereocenters. The lowest BCUT2D eigenvalue weighted by atomic mass is 10.0. The highest BCUT2D eigenvalue weighted by Crippen LogP contribution is 2.36. The fourth-order valence-electron chi connectivity index (χ4n) is 3.32. The molecule has 2 aliphatic rings. The van der Waals surface area contributed by atoms with Crippen LogP contribution in [-0.4, -0.2) is 37.1 Å². The lowest BCUT2D eigenvalue weighted by molar-refractivity contribution is -0.384. The number of nitrogens with zero attached hydrogens (tertiary/aromatic N) is 2. The Hall–Kier alpha value is -2.90. The van der Waals surface area contributed by atoms with E-state index in [0.29, 0.717) is 53.8 Å². The Labute approximate surface area is 160 Å². The van der Waals surface area contributed by atoms with Crippen LogP contribution in [0.2, 0.25) is 5.02 Å². The lowest BCUT2D eigenvalue weighted by Crippen LogP contribution is -2.36. The Bertz CT molecular complexity index is 967. The molecule has 0 unspecified atom stereocenters. The van der Waals surface area contributed by atoms with Crippen LogP contribution in [0.25, 0.3) is 11.6 Å². The zero-order chi connectivity index (χ0) is 19.0. The number of halogens is 1. The average molecular weight is 386 g/mol. The van der Waals surface area contributed by atoms with E-state index in [1.807, 2.05) is 4.90 Å². The predicted octanol–water partition coefficient (Wildman–Crippen LogP) is 3.58. The smallest absolute Gasteiger partial charge is 0.293 e. The van der Waals surface area contributed by atoms with E-state index in [1.165, 1.54) is 6.07 Å². The molecule has 0 saturated carbocycles. The highest BCUT2D eigenvalue weighted by molar-refractivity contribution is 6.36. The first-order valence-electron chi connectivity index (χ1n) is 8.47. The Balaban J connectivity index is 1.73. The van der Waals surface area contributed by atoms with Crippen LogP contribution in [0, 0.1) is 10.1 Å². The summed E-state index contributed by atoms with van der Waals surface area (Å²) in [4.78, 5) is 25.4. The molecule has 2 heterocycles. The molecule has 2 aliphatic heterocycles. The molecule has 0 aromatic heterocycles. The van der Waals surface area contributed by atoms with E-state index in [1.54, 1.807) is 36.4 Å². The summed E-state index contributed by atoms with van der Waals surface area (Å²) < 4.78 is 5.31. The van der Waals surface area contributed by atoms with Crippen molar-refractivity contribution >= 4 is 46.2 Å². The van der Waals surface area contributed by atoms with Gasteiger partial charge in [-0.05, 0) is 29.8 Å². The number of morpholine rings is 1. The molecule has 7 nitrogen and oxygen atoms in total. The molecule has 0 spiro atoms. The number of rotatable bonds is 3. The van der Waals surface area contributed by atoms with Gasteiger partial charge in [0.25, 0.3) is 11.6 Å². The number of benzene rings is 2. The van der Waals surface area contributed by atoms with Crippen LogP contribution in [-0.2, 0) is 9.53 Å². The summed E-state index contributed by atoms with van der Waals surface area (Å²) in [5.74, 6) is -0.257. The molecule has 1 fully saturated rings. The molecule has 0 aliphatic carbocycles. The molecule has 1 saturated heterocycles. The Morgan fingerprint density at radius 3 is 2.70 bits per heavy atom. The van der Waals surface area contributed by atoms with Crippen LogP contribution in [0.3, 0.4) is 0 Å². The number of hydrogen-bond acceptors (Lipinski definition) is 5. The van der Waals surface area contributed by atoms with Crippen LogP contribution in [0.1, 0.15) is 11.1 Å². The fourth-order valence-corrected chi connectivity index (χ4v) is 3.50. The molecule has 2 aromatic carbocycles. The average Bonchev–Trinajstić information content (AvgIpc) is 2.96. The second kappa shape index (κ2) is 7.02. The molecular weight excluding hydrogens is 370 g/mol. The van der Waals surface area contributed by atoms with Crippen molar-refractivity contribution in [3.05, 3.63) is 62.7 Å². The van der Waals surface area contributed by atoms with Gasteiger partial charge < -0.3 is 15.0 Å². The van der Waals surface area contributed by atoms with Crippen molar-refractivity contribution < 1.29 is 14.5 Å². The van der Waals surface area contributed by atoms with Crippen molar-refractivity contribution in [1.82, 2.24) is 0 Å². The number of nitro benzene ring substituents is 1. The number of fused-ring (bicyclic) bond motifs is 1. The molecule has 138 valence electrons. The number of carbonyl (C=O) groups is 1.